The van der Waals surface area contributed by atoms with Crippen molar-refractivity contribution in [1.29, 1.82) is 0 Å². The molecule has 0 bridgehead atoms. The van der Waals surface area contributed by atoms with E-state index in [4.69, 9.17) is 0 Å². The van der Waals surface area contributed by atoms with Crippen molar-refractivity contribution < 1.29 is 13.2 Å². The summed E-state index contributed by atoms with van der Waals surface area (Å²) < 4.78 is 38.8. The first kappa shape index (κ1) is 11.6. The van der Waals surface area contributed by atoms with Crippen molar-refractivity contribution in [2.75, 3.05) is 0 Å². The van der Waals surface area contributed by atoms with Gasteiger partial charge in [-0.05, 0) is 19.1 Å². The van der Waals surface area contributed by atoms with Crippen molar-refractivity contribution in [3.05, 3.63) is 35.7 Å². The number of benzene rings is 1. The second-order valence-electron chi connectivity index (χ2n) is 3.70. The summed E-state index contributed by atoms with van der Waals surface area (Å²) in [5, 5.41) is 7.76. The highest BCUT2D eigenvalue weighted by molar-refractivity contribution is 5.55. The highest BCUT2D eigenvalue weighted by atomic mass is 19.4. The van der Waals surface area contributed by atoms with Gasteiger partial charge < -0.3 is 4.57 Å². The molecule has 0 aliphatic heterocycles. The van der Waals surface area contributed by atoms with Crippen molar-refractivity contribution in [1.82, 2.24) is 14.8 Å². The third-order valence-corrected chi connectivity index (χ3v) is 2.56. The second-order valence-corrected chi connectivity index (χ2v) is 3.70. The zero-order valence-electron chi connectivity index (χ0n) is 9.28. The van der Waals surface area contributed by atoms with Crippen LogP contribution >= 0.6 is 0 Å². The predicted octanol–water partition coefficient (Wildman–Crippen LogP) is 2.81. The van der Waals surface area contributed by atoms with Crippen LogP contribution in [-0.2, 0) is 13.2 Å². The quantitative estimate of drug-likeness (QED) is 0.768. The fourth-order valence-corrected chi connectivity index (χ4v) is 1.47. The Morgan fingerprint density at radius 2 is 1.65 bits per heavy atom. The van der Waals surface area contributed by atoms with Crippen molar-refractivity contribution in [2.45, 2.75) is 13.1 Å². The predicted molar refractivity (Wildman–Crippen MR) is 56.2 cm³/mol. The van der Waals surface area contributed by atoms with Crippen LogP contribution in [0.25, 0.3) is 11.4 Å². The summed E-state index contributed by atoms with van der Waals surface area (Å²) in [5.74, 6) is 1.26. The van der Waals surface area contributed by atoms with Crippen molar-refractivity contribution in [2.24, 2.45) is 7.05 Å². The largest absolute Gasteiger partial charge is 0.416 e. The first-order valence-electron chi connectivity index (χ1n) is 4.93. The lowest BCUT2D eigenvalue weighted by Gasteiger charge is -2.07. The second kappa shape index (κ2) is 3.87. The highest BCUT2D eigenvalue weighted by Gasteiger charge is 2.30. The van der Waals surface area contributed by atoms with E-state index in [9.17, 15) is 13.2 Å². The number of aryl methyl sites for hydroxylation is 1. The van der Waals surface area contributed by atoms with E-state index in [1.54, 1.807) is 18.5 Å². The molecule has 0 unspecified atom stereocenters. The Balaban J connectivity index is 2.40. The Bertz CT molecular complexity index is 526. The first-order valence-corrected chi connectivity index (χ1v) is 4.93. The molecule has 0 aliphatic carbocycles. The van der Waals surface area contributed by atoms with Gasteiger partial charge in [-0.3, -0.25) is 0 Å². The number of nitrogens with zero attached hydrogens (tertiary/aromatic N) is 3. The normalized spacial score (nSPS) is 11.8. The van der Waals surface area contributed by atoms with Gasteiger partial charge in [0.15, 0.2) is 5.82 Å². The molecule has 1 aromatic heterocycles. The molecule has 0 spiro atoms. The van der Waals surface area contributed by atoms with Gasteiger partial charge in [-0.1, -0.05) is 12.1 Å². The van der Waals surface area contributed by atoms with Crippen LogP contribution in [0.5, 0.6) is 0 Å². The number of alkyl halides is 3. The van der Waals surface area contributed by atoms with E-state index >= 15 is 0 Å². The lowest BCUT2D eigenvalue weighted by Crippen LogP contribution is -2.04. The minimum absolute atomic E-state index is 0.552. The molecule has 0 fully saturated rings. The highest BCUT2D eigenvalue weighted by Crippen LogP contribution is 2.30. The van der Waals surface area contributed by atoms with Crippen LogP contribution in [0.3, 0.4) is 0 Å². The fourth-order valence-electron chi connectivity index (χ4n) is 1.47. The molecule has 17 heavy (non-hydrogen) atoms. The standard InChI is InChI=1S/C11H10F3N3/c1-7-15-16-10(17(7)2)8-3-5-9(6-4-8)11(12,13)14/h3-6H,1-2H3. The maximum Gasteiger partial charge on any atom is 0.416 e. The van der Waals surface area contributed by atoms with Gasteiger partial charge in [-0.2, -0.15) is 13.2 Å². The SMILES string of the molecule is Cc1nnc(-c2ccc(C(F)(F)F)cc2)n1C. The number of rotatable bonds is 1. The zero-order valence-corrected chi connectivity index (χ0v) is 9.28. The summed E-state index contributed by atoms with van der Waals surface area (Å²) in [4.78, 5) is 0. The topological polar surface area (TPSA) is 30.7 Å². The Labute approximate surface area is 95.9 Å². The maximum atomic E-state index is 12.4. The minimum Gasteiger partial charge on any atom is -0.314 e. The molecule has 0 saturated heterocycles. The number of aromatic nitrogens is 3. The van der Waals surface area contributed by atoms with E-state index in [0.717, 1.165) is 12.1 Å². The average Bonchev–Trinajstić information content (AvgIpc) is 2.59. The van der Waals surface area contributed by atoms with Crippen molar-refractivity contribution in [3.8, 4) is 11.4 Å². The molecule has 0 N–H and O–H groups in total. The third kappa shape index (κ3) is 2.15. The molecule has 6 heteroatoms. The molecule has 1 aromatic carbocycles. The smallest absolute Gasteiger partial charge is 0.314 e. The van der Waals surface area contributed by atoms with Crippen LogP contribution in [0.4, 0.5) is 13.2 Å². The molecule has 3 nitrogen and oxygen atoms in total. The Kier molecular flexibility index (Phi) is 2.65. The summed E-state index contributed by atoms with van der Waals surface area (Å²) in [6.45, 7) is 1.78. The van der Waals surface area contributed by atoms with Gasteiger partial charge in [0.05, 0.1) is 5.56 Å². The Morgan fingerprint density at radius 1 is 1.06 bits per heavy atom. The van der Waals surface area contributed by atoms with Crippen LogP contribution in [0.1, 0.15) is 11.4 Å². The monoisotopic (exact) mass is 241 g/mol. The Morgan fingerprint density at radius 3 is 2.06 bits per heavy atom. The number of hydrogen-bond acceptors (Lipinski definition) is 2. The van der Waals surface area contributed by atoms with Gasteiger partial charge >= 0.3 is 6.18 Å². The zero-order chi connectivity index (χ0) is 12.6. The summed E-state index contributed by atoms with van der Waals surface area (Å²) in [6.07, 6.45) is -4.31. The van der Waals surface area contributed by atoms with E-state index in [-0.39, 0.29) is 0 Å². The van der Waals surface area contributed by atoms with Crippen molar-refractivity contribution >= 4 is 0 Å². The van der Waals surface area contributed by atoms with Gasteiger partial charge in [0.1, 0.15) is 5.82 Å². The first-order chi connectivity index (χ1) is 7.89. The van der Waals surface area contributed by atoms with E-state index in [1.165, 1.54) is 12.1 Å². The third-order valence-electron chi connectivity index (χ3n) is 2.56. The van der Waals surface area contributed by atoms with Gasteiger partial charge in [-0.25, -0.2) is 0 Å². The Hall–Kier alpha value is -1.85. The van der Waals surface area contributed by atoms with E-state index in [0.29, 0.717) is 17.2 Å². The molecular weight excluding hydrogens is 231 g/mol. The van der Waals surface area contributed by atoms with Gasteiger partial charge in [0.2, 0.25) is 0 Å². The van der Waals surface area contributed by atoms with Crippen LogP contribution in [0.15, 0.2) is 24.3 Å². The molecule has 90 valence electrons. The lowest BCUT2D eigenvalue weighted by molar-refractivity contribution is -0.137. The van der Waals surface area contributed by atoms with Crippen LogP contribution in [0, 0.1) is 6.92 Å². The summed E-state index contributed by atoms with van der Waals surface area (Å²) in [5.41, 5.74) is -0.0544. The summed E-state index contributed by atoms with van der Waals surface area (Å²) in [7, 11) is 1.77. The fraction of sp³-hybridized carbons (Fsp3) is 0.273. The molecule has 2 aromatic rings. The number of hydrogen-bond donors (Lipinski definition) is 0. The van der Waals surface area contributed by atoms with Gasteiger partial charge in [0.25, 0.3) is 0 Å². The van der Waals surface area contributed by atoms with Crippen LogP contribution in [0.2, 0.25) is 0 Å². The van der Waals surface area contributed by atoms with E-state index in [1.807, 2.05) is 0 Å². The molecule has 2 rings (SSSR count). The summed E-state index contributed by atoms with van der Waals surface area (Å²) in [6, 6.07) is 4.87. The van der Waals surface area contributed by atoms with E-state index in [2.05, 4.69) is 10.2 Å². The molecule has 1 heterocycles. The molecule has 0 saturated carbocycles. The number of halogens is 3. The molecule has 0 amide bonds. The molecule has 0 atom stereocenters. The van der Waals surface area contributed by atoms with Gasteiger partial charge in [0, 0.05) is 12.6 Å². The van der Waals surface area contributed by atoms with Crippen molar-refractivity contribution in [3.63, 3.8) is 0 Å². The molecule has 0 aliphatic rings. The van der Waals surface area contributed by atoms with Crippen LogP contribution < -0.4 is 0 Å². The summed E-state index contributed by atoms with van der Waals surface area (Å²) >= 11 is 0. The molecular formula is C11H10F3N3. The van der Waals surface area contributed by atoms with Gasteiger partial charge in [-0.15, -0.1) is 10.2 Å². The maximum absolute atomic E-state index is 12.4. The van der Waals surface area contributed by atoms with Crippen LogP contribution in [-0.4, -0.2) is 14.8 Å². The molecule has 0 radical (unpaired) electrons. The van der Waals surface area contributed by atoms with E-state index < -0.39 is 11.7 Å². The lowest BCUT2D eigenvalue weighted by atomic mass is 10.1. The minimum atomic E-state index is -4.31. The average molecular weight is 241 g/mol.